The second kappa shape index (κ2) is 6.60. The first-order valence-corrected chi connectivity index (χ1v) is 12.1. The van der Waals surface area contributed by atoms with Gasteiger partial charge >= 0.3 is 5.97 Å². The molecular weight excluding hydrogens is 412 g/mol. The zero-order valence-corrected chi connectivity index (χ0v) is 18.9. The van der Waals surface area contributed by atoms with Crippen LogP contribution in [0.3, 0.4) is 0 Å². The van der Waals surface area contributed by atoms with Crippen LogP contribution in [0.5, 0.6) is 5.75 Å². The molecule has 2 atom stereocenters. The Kier molecular flexibility index (Phi) is 3.92. The van der Waals surface area contributed by atoms with E-state index in [0.29, 0.717) is 17.6 Å². The molecule has 1 heterocycles. The molecule has 0 spiro atoms. The van der Waals surface area contributed by atoms with E-state index in [2.05, 4.69) is 31.2 Å². The van der Waals surface area contributed by atoms with Crippen LogP contribution in [0.15, 0.2) is 48.5 Å². The van der Waals surface area contributed by atoms with E-state index in [1.165, 1.54) is 49.7 Å². The minimum atomic E-state index is -0.895. The van der Waals surface area contributed by atoms with Gasteiger partial charge in [0.2, 0.25) is 0 Å². The van der Waals surface area contributed by atoms with Crippen LogP contribution < -0.4 is 4.89 Å². The third kappa shape index (κ3) is 2.96. The average Bonchev–Trinajstić information content (AvgIpc) is 3.24. The molecule has 4 aliphatic carbocycles. The Labute approximate surface area is 193 Å². The maximum atomic E-state index is 11.3. The molecule has 8 rings (SSSR count). The van der Waals surface area contributed by atoms with Gasteiger partial charge in [0.15, 0.2) is 5.75 Å². The highest BCUT2D eigenvalue weighted by molar-refractivity contribution is 5.95. The van der Waals surface area contributed by atoms with Crippen LogP contribution in [0.2, 0.25) is 0 Å². The average molecular weight is 441 g/mol. The third-order valence-electron chi connectivity index (χ3n) is 8.87. The molecule has 0 radical (unpaired) electrons. The van der Waals surface area contributed by atoms with Crippen molar-refractivity contribution in [3.05, 3.63) is 65.2 Å². The van der Waals surface area contributed by atoms with Crippen molar-refractivity contribution in [2.24, 2.45) is 17.3 Å². The Morgan fingerprint density at radius 1 is 0.939 bits per heavy atom. The van der Waals surface area contributed by atoms with Crippen molar-refractivity contribution in [3.63, 3.8) is 0 Å². The predicted octanol–water partition coefficient (Wildman–Crippen LogP) is 6.89. The Bertz CT molecular complexity index is 1310. The van der Waals surface area contributed by atoms with Crippen molar-refractivity contribution in [1.29, 1.82) is 0 Å². The van der Waals surface area contributed by atoms with Crippen LogP contribution in [0.25, 0.3) is 21.9 Å². The fourth-order valence-electron chi connectivity index (χ4n) is 8.20. The molecule has 4 nitrogen and oxygen atoms in total. The summed E-state index contributed by atoms with van der Waals surface area (Å²) in [6.07, 6.45) is 7.96. The van der Waals surface area contributed by atoms with Gasteiger partial charge in [0.25, 0.3) is 0 Å². The molecule has 33 heavy (non-hydrogen) atoms. The minimum Gasteiger partial charge on any atom is -0.478 e. The number of benzene rings is 3. The largest absolute Gasteiger partial charge is 0.478 e. The normalized spacial score (nSPS) is 31.5. The molecule has 0 saturated heterocycles. The SMILES string of the molecule is CC12CC3CC(C1)CC(c1cc(-c4ccc5cc(C(=O)O)ccc5c4)cc4c1OOC4)(C3)C2. The summed E-state index contributed by atoms with van der Waals surface area (Å²) in [5.41, 5.74) is 5.82. The molecule has 0 amide bonds. The predicted molar refractivity (Wildman–Crippen MR) is 126 cm³/mol. The minimum absolute atomic E-state index is 0.194. The van der Waals surface area contributed by atoms with E-state index in [-0.39, 0.29) is 5.41 Å². The molecule has 1 N–H and O–H groups in total. The number of aromatic carboxylic acids is 1. The first-order valence-electron chi connectivity index (χ1n) is 12.1. The number of hydrogen-bond donors (Lipinski definition) is 1. The van der Waals surface area contributed by atoms with Crippen molar-refractivity contribution in [3.8, 4) is 16.9 Å². The quantitative estimate of drug-likeness (QED) is 0.451. The number of hydrogen-bond acceptors (Lipinski definition) is 3. The number of rotatable bonds is 3. The molecule has 4 saturated carbocycles. The van der Waals surface area contributed by atoms with E-state index in [9.17, 15) is 9.90 Å². The Morgan fingerprint density at radius 2 is 1.70 bits per heavy atom. The second-order valence-electron chi connectivity index (χ2n) is 11.5. The van der Waals surface area contributed by atoms with Crippen molar-refractivity contribution in [1.82, 2.24) is 0 Å². The summed E-state index contributed by atoms with van der Waals surface area (Å²) in [4.78, 5) is 22.6. The molecule has 1 aliphatic heterocycles. The summed E-state index contributed by atoms with van der Waals surface area (Å²) in [7, 11) is 0. The van der Waals surface area contributed by atoms with Crippen LogP contribution in [-0.2, 0) is 16.9 Å². The number of carboxylic acid groups (broad SMARTS) is 1. The molecule has 4 heteroatoms. The van der Waals surface area contributed by atoms with Crippen LogP contribution in [0.1, 0.15) is 66.9 Å². The summed E-state index contributed by atoms with van der Waals surface area (Å²) in [5, 5.41) is 11.3. The van der Waals surface area contributed by atoms with E-state index in [1.54, 1.807) is 12.1 Å². The highest BCUT2D eigenvalue weighted by Gasteiger charge is 2.57. The molecule has 3 aromatic rings. The smallest absolute Gasteiger partial charge is 0.335 e. The van der Waals surface area contributed by atoms with Gasteiger partial charge in [0.1, 0.15) is 6.61 Å². The molecule has 3 aromatic carbocycles. The van der Waals surface area contributed by atoms with Gasteiger partial charge in [0.05, 0.1) is 5.56 Å². The summed E-state index contributed by atoms with van der Waals surface area (Å²) in [6.45, 7) is 3.00. The van der Waals surface area contributed by atoms with Gasteiger partial charge in [-0.05, 0) is 108 Å². The van der Waals surface area contributed by atoms with Crippen molar-refractivity contribution in [2.75, 3.05) is 0 Å². The van der Waals surface area contributed by atoms with Crippen molar-refractivity contribution in [2.45, 2.75) is 57.5 Å². The van der Waals surface area contributed by atoms with E-state index in [4.69, 9.17) is 9.78 Å². The zero-order chi connectivity index (χ0) is 22.4. The van der Waals surface area contributed by atoms with E-state index < -0.39 is 5.97 Å². The van der Waals surface area contributed by atoms with Gasteiger partial charge in [-0.15, -0.1) is 0 Å². The summed E-state index contributed by atoms with van der Waals surface area (Å²) < 4.78 is 0. The molecule has 2 unspecified atom stereocenters. The van der Waals surface area contributed by atoms with Crippen LogP contribution in [-0.4, -0.2) is 11.1 Å². The summed E-state index contributed by atoms with van der Waals surface area (Å²) in [6, 6.07) is 16.2. The van der Waals surface area contributed by atoms with Gasteiger partial charge in [-0.3, -0.25) is 0 Å². The highest BCUT2D eigenvalue weighted by atomic mass is 17.2. The lowest BCUT2D eigenvalue weighted by Crippen LogP contribution is -2.53. The maximum Gasteiger partial charge on any atom is 0.335 e. The highest BCUT2D eigenvalue weighted by Crippen LogP contribution is 2.67. The second-order valence-corrected chi connectivity index (χ2v) is 11.5. The van der Waals surface area contributed by atoms with E-state index >= 15 is 0 Å². The van der Waals surface area contributed by atoms with Crippen molar-refractivity contribution >= 4 is 16.7 Å². The Hall–Kier alpha value is -2.85. The van der Waals surface area contributed by atoms with Gasteiger partial charge in [-0.25, -0.2) is 4.79 Å². The summed E-state index contributed by atoms with van der Waals surface area (Å²) >= 11 is 0. The number of carboxylic acids is 1. The van der Waals surface area contributed by atoms with Crippen LogP contribution in [0.4, 0.5) is 0 Å². The lowest BCUT2D eigenvalue weighted by atomic mass is 9.43. The number of carbonyl (C=O) groups is 1. The first kappa shape index (κ1) is 19.6. The Morgan fingerprint density at radius 3 is 2.45 bits per heavy atom. The van der Waals surface area contributed by atoms with Crippen LogP contribution >= 0.6 is 0 Å². The molecular formula is C29H28O4. The molecule has 168 valence electrons. The van der Waals surface area contributed by atoms with Gasteiger partial charge in [0, 0.05) is 16.5 Å². The number of fused-ring (bicyclic) bond motifs is 2. The lowest BCUT2D eigenvalue weighted by Gasteiger charge is -2.61. The van der Waals surface area contributed by atoms with Crippen LogP contribution in [0, 0.1) is 17.3 Å². The fourth-order valence-corrected chi connectivity index (χ4v) is 8.20. The molecule has 4 fully saturated rings. The molecule has 0 aromatic heterocycles. The van der Waals surface area contributed by atoms with Crippen molar-refractivity contribution < 1.29 is 19.7 Å². The van der Waals surface area contributed by atoms with E-state index in [1.807, 2.05) is 12.1 Å². The third-order valence-corrected chi connectivity index (χ3v) is 8.87. The van der Waals surface area contributed by atoms with Gasteiger partial charge < -0.3 is 9.99 Å². The topological polar surface area (TPSA) is 55.8 Å². The monoisotopic (exact) mass is 440 g/mol. The zero-order valence-electron chi connectivity index (χ0n) is 18.9. The summed E-state index contributed by atoms with van der Waals surface area (Å²) in [5.74, 6) is 1.74. The van der Waals surface area contributed by atoms with Gasteiger partial charge in [-0.1, -0.05) is 25.1 Å². The molecule has 5 aliphatic rings. The fraction of sp³-hybridized carbons (Fsp3) is 0.414. The lowest BCUT2D eigenvalue weighted by molar-refractivity contribution is -0.196. The van der Waals surface area contributed by atoms with E-state index in [0.717, 1.165) is 39.5 Å². The molecule has 4 bridgehead atoms. The van der Waals surface area contributed by atoms with Gasteiger partial charge in [-0.2, -0.15) is 4.89 Å². The first-order chi connectivity index (χ1) is 15.9. The Balaban J connectivity index is 1.36. The maximum absolute atomic E-state index is 11.3. The standard InChI is InChI=1S/C29H28O4/c1-28-11-17-6-18(12-28)14-29(13-17,16-28)25-10-23(9-24-15-32-33-26(24)25)21-3-2-20-8-22(27(30)31)5-4-19(20)7-21/h2-5,7-10,17-18H,6,11-16H2,1H3,(H,30,31).